The molecule has 0 spiro atoms. The van der Waals surface area contributed by atoms with E-state index in [-0.39, 0.29) is 5.56 Å². The van der Waals surface area contributed by atoms with E-state index < -0.39 is 17.7 Å². The number of nitrogens with one attached hydrogen (secondary N) is 1. The molecule has 1 aliphatic rings. The highest BCUT2D eigenvalue weighted by Gasteiger charge is 2.32. The Hall–Kier alpha value is -1.56. The largest absolute Gasteiger partial charge is 0.478 e. The van der Waals surface area contributed by atoms with Gasteiger partial charge < -0.3 is 9.84 Å². The standard InChI is InChI=1S/C13H17NO4S/c1-13(2,3)18-12(17)14-10-9(11(15)16)8(6-19-10)7-4-5-7/h6-7H,4-5H2,1-3H3,(H,14,17)(H,15,16). The number of rotatable bonds is 3. The second kappa shape index (κ2) is 4.85. The smallest absolute Gasteiger partial charge is 0.412 e. The maximum absolute atomic E-state index is 11.7. The molecule has 2 N–H and O–H groups in total. The summed E-state index contributed by atoms with van der Waals surface area (Å²) in [4.78, 5) is 23.0. The lowest BCUT2D eigenvalue weighted by Gasteiger charge is -2.19. The van der Waals surface area contributed by atoms with Crippen LogP contribution in [0.1, 0.15) is 55.5 Å². The summed E-state index contributed by atoms with van der Waals surface area (Å²) in [6, 6.07) is 0. The SMILES string of the molecule is CC(C)(C)OC(=O)Nc1scc(C2CC2)c1C(=O)O. The highest BCUT2D eigenvalue weighted by molar-refractivity contribution is 7.15. The fourth-order valence-electron chi connectivity index (χ4n) is 1.77. The van der Waals surface area contributed by atoms with E-state index in [1.165, 1.54) is 11.3 Å². The summed E-state index contributed by atoms with van der Waals surface area (Å²) >= 11 is 1.23. The van der Waals surface area contributed by atoms with Crippen LogP contribution in [0.2, 0.25) is 0 Å². The molecule has 0 unspecified atom stereocenters. The van der Waals surface area contributed by atoms with Gasteiger partial charge in [-0.2, -0.15) is 0 Å². The summed E-state index contributed by atoms with van der Waals surface area (Å²) in [5, 5.41) is 14.0. The Kier molecular flexibility index (Phi) is 3.54. The monoisotopic (exact) mass is 283 g/mol. The highest BCUT2D eigenvalue weighted by atomic mass is 32.1. The van der Waals surface area contributed by atoms with Crippen molar-refractivity contribution in [2.24, 2.45) is 0 Å². The molecule has 1 heterocycles. The zero-order chi connectivity index (χ0) is 14.2. The summed E-state index contributed by atoms with van der Waals surface area (Å²) < 4.78 is 5.13. The van der Waals surface area contributed by atoms with Crippen molar-refractivity contribution in [1.29, 1.82) is 0 Å². The molecule has 1 fully saturated rings. The van der Waals surface area contributed by atoms with Gasteiger partial charge >= 0.3 is 12.1 Å². The molecule has 5 nitrogen and oxygen atoms in total. The van der Waals surface area contributed by atoms with E-state index in [0.717, 1.165) is 18.4 Å². The number of carbonyl (C=O) groups is 2. The minimum atomic E-state index is -1.01. The van der Waals surface area contributed by atoms with Crippen LogP contribution in [0, 0.1) is 0 Å². The number of aromatic carboxylic acids is 1. The predicted molar refractivity (Wildman–Crippen MR) is 73.1 cm³/mol. The van der Waals surface area contributed by atoms with Crippen molar-refractivity contribution in [3.8, 4) is 0 Å². The van der Waals surface area contributed by atoms with E-state index in [9.17, 15) is 14.7 Å². The Bertz CT molecular complexity index is 511. The predicted octanol–water partition coefficient (Wildman–Crippen LogP) is 3.67. The molecule has 2 rings (SSSR count). The van der Waals surface area contributed by atoms with Crippen molar-refractivity contribution in [2.75, 3.05) is 5.32 Å². The van der Waals surface area contributed by atoms with Gasteiger partial charge in [0.05, 0.1) is 5.56 Å². The van der Waals surface area contributed by atoms with Crippen molar-refractivity contribution in [1.82, 2.24) is 0 Å². The topological polar surface area (TPSA) is 75.6 Å². The summed E-state index contributed by atoms with van der Waals surface area (Å²) in [5.41, 5.74) is 0.422. The van der Waals surface area contributed by atoms with E-state index >= 15 is 0 Å². The molecule has 0 atom stereocenters. The molecule has 6 heteroatoms. The molecule has 0 aromatic carbocycles. The number of thiophene rings is 1. The summed E-state index contributed by atoms with van der Waals surface area (Å²) in [5.74, 6) is -0.675. The van der Waals surface area contributed by atoms with Crippen LogP contribution in [0.3, 0.4) is 0 Å². The van der Waals surface area contributed by atoms with Crippen LogP contribution in [0.15, 0.2) is 5.38 Å². The average Bonchev–Trinajstić information content (AvgIpc) is 2.97. The van der Waals surface area contributed by atoms with E-state index in [4.69, 9.17) is 4.74 Å². The molecule has 1 saturated carbocycles. The van der Waals surface area contributed by atoms with Gasteiger partial charge in [0.2, 0.25) is 0 Å². The van der Waals surface area contributed by atoms with Gasteiger partial charge in [0.25, 0.3) is 0 Å². The van der Waals surface area contributed by atoms with Gasteiger partial charge in [0.15, 0.2) is 0 Å². The Morgan fingerprint density at radius 3 is 2.53 bits per heavy atom. The Morgan fingerprint density at radius 1 is 1.42 bits per heavy atom. The lowest BCUT2D eigenvalue weighted by Crippen LogP contribution is -2.27. The number of hydrogen-bond acceptors (Lipinski definition) is 4. The van der Waals surface area contributed by atoms with Crippen LogP contribution in [-0.4, -0.2) is 22.8 Å². The third-order valence-corrected chi connectivity index (χ3v) is 3.58. The van der Waals surface area contributed by atoms with Crippen molar-refractivity contribution >= 4 is 28.4 Å². The third kappa shape index (κ3) is 3.47. The van der Waals surface area contributed by atoms with Crippen LogP contribution >= 0.6 is 11.3 Å². The maximum atomic E-state index is 11.7. The summed E-state index contributed by atoms with van der Waals surface area (Å²) in [7, 11) is 0. The van der Waals surface area contributed by atoms with Gasteiger partial charge in [0, 0.05) is 0 Å². The number of hydrogen-bond donors (Lipinski definition) is 2. The molecule has 1 aromatic rings. The number of ether oxygens (including phenoxy) is 1. The molecule has 0 aliphatic heterocycles. The fourth-order valence-corrected chi connectivity index (χ4v) is 2.80. The molecule has 104 valence electrons. The van der Waals surface area contributed by atoms with Crippen molar-refractivity contribution in [3.05, 3.63) is 16.5 Å². The first-order valence-corrected chi connectivity index (χ1v) is 7.00. The fraction of sp³-hybridized carbons (Fsp3) is 0.538. The maximum Gasteiger partial charge on any atom is 0.412 e. The zero-order valence-corrected chi connectivity index (χ0v) is 12.0. The van der Waals surface area contributed by atoms with Crippen LogP contribution < -0.4 is 5.32 Å². The van der Waals surface area contributed by atoms with Crippen LogP contribution in [0.25, 0.3) is 0 Å². The van der Waals surface area contributed by atoms with Gasteiger partial charge in [-0.1, -0.05) is 0 Å². The lowest BCUT2D eigenvalue weighted by atomic mass is 10.1. The third-order valence-electron chi connectivity index (χ3n) is 2.67. The van der Waals surface area contributed by atoms with Crippen LogP contribution in [-0.2, 0) is 4.74 Å². The molecular formula is C13H17NO4S. The second-order valence-electron chi connectivity index (χ2n) is 5.60. The van der Waals surface area contributed by atoms with E-state index in [1.807, 2.05) is 5.38 Å². The molecule has 19 heavy (non-hydrogen) atoms. The number of amides is 1. The van der Waals surface area contributed by atoms with Crippen molar-refractivity contribution < 1.29 is 19.4 Å². The Labute approximate surface area is 115 Å². The molecule has 1 aromatic heterocycles. The quantitative estimate of drug-likeness (QED) is 0.887. The number of carboxylic acids is 1. The van der Waals surface area contributed by atoms with E-state index in [1.54, 1.807) is 20.8 Å². The highest BCUT2D eigenvalue weighted by Crippen LogP contribution is 2.45. The normalized spacial score (nSPS) is 15.1. The minimum absolute atomic E-state index is 0.207. The molecule has 1 aliphatic carbocycles. The summed E-state index contributed by atoms with van der Waals surface area (Å²) in [6.07, 6.45) is 1.41. The van der Waals surface area contributed by atoms with Crippen LogP contribution in [0.4, 0.5) is 9.80 Å². The Morgan fingerprint density at radius 2 is 2.05 bits per heavy atom. The van der Waals surface area contributed by atoms with E-state index in [0.29, 0.717) is 10.9 Å². The van der Waals surface area contributed by atoms with Gasteiger partial charge in [-0.3, -0.25) is 5.32 Å². The molecule has 0 bridgehead atoms. The first-order valence-electron chi connectivity index (χ1n) is 6.12. The summed E-state index contributed by atoms with van der Waals surface area (Å²) in [6.45, 7) is 5.28. The van der Waals surface area contributed by atoms with Crippen molar-refractivity contribution in [3.63, 3.8) is 0 Å². The number of carbonyl (C=O) groups excluding carboxylic acids is 1. The average molecular weight is 283 g/mol. The van der Waals surface area contributed by atoms with Crippen molar-refractivity contribution in [2.45, 2.75) is 45.1 Å². The lowest BCUT2D eigenvalue weighted by molar-refractivity contribution is 0.0636. The van der Waals surface area contributed by atoms with Gasteiger partial charge in [-0.05, 0) is 50.5 Å². The van der Waals surface area contributed by atoms with E-state index in [2.05, 4.69) is 5.32 Å². The molecule has 0 radical (unpaired) electrons. The zero-order valence-electron chi connectivity index (χ0n) is 11.1. The van der Waals surface area contributed by atoms with Crippen LogP contribution in [0.5, 0.6) is 0 Å². The van der Waals surface area contributed by atoms with Gasteiger partial charge in [-0.25, -0.2) is 9.59 Å². The Balaban J connectivity index is 2.16. The number of carboxylic acid groups (broad SMARTS) is 1. The minimum Gasteiger partial charge on any atom is -0.478 e. The molecule has 0 saturated heterocycles. The first-order chi connectivity index (χ1) is 8.78. The number of anilines is 1. The molecular weight excluding hydrogens is 266 g/mol. The second-order valence-corrected chi connectivity index (χ2v) is 6.48. The molecule has 1 amide bonds. The van der Waals surface area contributed by atoms with Gasteiger partial charge in [0.1, 0.15) is 10.6 Å². The van der Waals surface area contributed by atoms with Gasteiger partial charge in [-0.15, -0.1) is 11.3 Å². The first kappa shape index (κ1) is 13.9.